The molecular weight excluding hydrogens is 240 g/mol. The molecule has 1 saturated carbocycles. The maximum absolute atomic E-state index is 5.90. The molecule has 0 amide bonds. The lowest BCUT2D eigenvalue weighted by Gasteiger charge is -2.25. The number of nitrogens with zero attached hydrogens (tertiary/aromatic N) is 1. The van der Waals surface area contributed by atoms with Gasteiger partial charge in [-0.15, -0.1) is 0 Å². The molecule has 1 aromatic heterocycles. The fraction of sp³-hybridized carbons (Fsp3) is 0.533. The minimum atomic E-state index is 0.430. The van der Waals surface area contributed by atoms with Crippen LogP contribution in [0.4, 0.5) is 0 Å². The maximum Gasteiger partial charge on any atom is 0.198 e. The standard InChI is InChI=1S/C15H20N2O2/c1-18-12-3-2-4-13-14(12)17-15(19-13)11-7-5-10(9-16)6-8-11/h2-4,10-11H,5-9,16H2,1H3. The van der Waals surface area contributed by atoms with E-state index in [1.165, 1.54) is 12.8 Å². The zero-order valence-corrected chi connectivity index (χ0v) is 11.3. The highest BCUT2D eigenvalue weighted by Crippen LogP contribution is 2.37. The van der Waals surface area contributed by atoms with Gasteiger partial charge in [-0.1, -0.05) is 6.07 Å². The summed E-state index contributed by atoms with van der Waals surface area (Å²) in [6.45, 7) is 0.800. The number of para-hydroxylation sites is 1. The van der Waals surface area contributed by atoms with Crippen molar-refractivity contribution in [2.24, 2.45) is 11.7 Å². The molecule has 1 aliphatic rings. The molecule has 1 heterocycles. The van der Waals surface area contributed by atoms with E-state index in [1.54, 1.807) is 7.11 Å². The summed E-state index contributed by atoms with van der Waals surface area (Å²) in [6, 6.07) is 5.79. The molecule has 1 aliphatic carbocycles. The Bertz CT molecular complexity index is 556. The molecule has 2 aromatic rings. The molecule has 19 heavy (non-hydrogen) atoms. The number of ether oxygens (including phenoxy) is 1. The van der Waals surface area contributed by atoms with Crippen molar-refractivity contribution in [3.8, 4) is 5.75 Å². The monoisotopic (exact) mass is 260 g/mol. The summed E-state index contributed by atoms with van der Waals surface area (Å²) < 4.78 is 11.2. The van der Waals surface area contributed by atoms with Crippen molar-refractivity contribution >= 4 is 11.1 Å². The van der Waals surface area contributed by atoms with E-state index in [0.717, 1.165) is 42.1 Å². The van der Waals surface area contributed by atoms with E-state index in [4.69, 9.17) is 14.9 Å². The fourth-order valence-corrected chi connectivity index (χ4v) is 2.92. The third kappa shape index (κ3) is 2.32. The average molecular weight is 260 g/mol. The third-order valence-corrected chi connectivity index (χ3v) is 4.15. The molecule has 1 fully saturated rings. The molecule has 4 heteroatoms. The molecular formula is C15H20N2O2. The smallest absolute Gasteiger partial charge is 0.198 e. The van der Waals surface area contributed by atoms with Gasteiger partial charge in [0.15, 0.2) is 17.0 Å². The Morgan fingerprint density at radius 3 is 2.79 bits per heavy atom. The molecule has 1 aromatic carbocycles. The molecule has 2 N–H and O–H groups in total. The van der Waals surface area contributed by atoms with Crippen molar-refractivity contribution in [3.63, 3.8) is 0 Å². The minimum absolute atomic E-state index is 0.430. The van der Waals surface area contributed by atoms with Crippen LogP contribution in [0.3, 0.4) is 0 Å². The number of oxazole rings is 1. The molecule has 0 spiro atoms. The van der Waals surface area contributed by atoms with Crippen LogP contribution >= 0.6 is 0 Å². The van der Waals surface area contributed by atoms with Crippen LogP contribution in [0, 0.1) is 5.92 Å². The highest BCUT2D eigenvalue weighted by molar-refractivity contribution is 5.79. The van der Waals surface area contributed by atoms with Gasteiger partial charge in [0.25, 0.3) is 0 Å². The lowest BCUT2D eigenvalue weighted by Crippen LogP contribution is -2.20. The van der Waals surface area contributed by atoms with Gasteiger partial charge in [0, 0.05) is 5.92 Å². The second-order valence-corrected chi connectivity index (χ2v) is 5.31. The van der Waals surface area contributed by atoms with Crippen molar-refractivity contribution in [1.82, 2.24) is 4.98 Å². The van der Waals surface area contributed by atoms with Gasteiger partial charge in [0.05, 0.1) is 7.11 Å². The number of methoxy groups -OCH3 is 1. The number of rotatable bonds is 3. The highest BCUT2D eigenvalue weighted by Gasteiger charge is 2.25. The van der Waals surface area contributed by atoms with Crippen LogP contribution in [0.2, 0.25) is 0 Å². The first-order valence-electron chi connectivity index (χ1n) is 6.95. The minimum Gasteiger partial charge on any atom is -0.494 e. The first-order chi connectivity index (χ1) is 9.31. The summed E-state index contributed by atoms with van der Waals surface area (Å²) in [4.78, 5) is 4.64. The highest BCUT2D eigenvalue weighted by atomic mass is 16.5. The summed E-state index contributed by atoms with van der Waals surface area (Å²) in [5.74, 6) is 2.74. The molecule has 102 valence electrons. The molecule has 0 radical (unpaired) electrons. The molecule has 0 saturated heterocycles. The van der Waals surface area contributed by atoms with Crippen LogP contribution in [0.1, 0.15) is 37.5 Å². The Labute approximate surface area is 112 Å². The normalized spacial score (nSPS) is 23.7. The Morgan fingerprint density at radius 2 is 2.11 bits per heavy atom. The van der Waals surface area contributed by atoms with Crippen LogP contribution in [0.5, 0.6) is 5.75 Å². The Hall–Kier alpha value is -1.55. The summed E-state index contributed by atoms with van der Waals surface area (Å²) >= 11 is 0. The average Bonchev–Trinajstić information content (AvgIpc) is 2.91. The Morgan fingerprint density at radius 1 is 1.32 bits per heavy atom. The predicted molar refractivity (Wildman–Crippen MR) is 74.3 cm³/mol. The van der Waals surface area contributed by atoms with Crippen molar-refractivity contribution in [2.45, 2.75) is 31.6 Å². The van der Waals surface area contributed by atoms with Gasteiger partial charge in [-0.25, -0.2) is 4.98 Å². The predicted octanol–water partition coefficient (Wildman–Crippen LogP) is 3.07. The maximum atomic E-state index is 5.90. The summed E-state index contributed by atoms with van der Waals surface area (Å²) in [5.41, 5.74) is 7.38. The number of aromatic nitrogens is 1. The zero-order valence-electron chi connectivity index (χ0n) is 11.3. The van der Waals surface area contributed by atoms with Gasteiger partial charge < -0.3 is 14.9 Å². The molecule has 0 aliphatic heterocycles. The number of nitrogens with two attached hydrogens (primary N) is 1. The van der Waals surface area contributed by atoms with Crippen LogP contribution in [0.15, 0.2) is 22.6 Å². The second kappa shape index (κ2) is 5.21. The van der Waals surface area contributed by atoms with Crippen LogP contribution in [0.25, 0.3) is 11.1 Å². The Balaban J connectivity index is 1.86. The third-order valence-electron chi connectivity index (χ3n) is 4.15. The second-order valence-electron chi connectivity index (χ2n) is 5.31. The molecule has 0 atom stereocenters. The topological polar surface area (TPSA) is 61.3 Å². The summed E-state index contributed by atoms with van der Waals surface area (Å²) in [7, 11) is 1.66. The quantitative estimate of drug-likeness (QED) is 0.921. The van der Waals surface area contributed by atoms with Crippen LogP contribution in [-0.4, -0.2) is 18.6 Å². The van der Waals surface area contributed by atoms with Gasteiger partial charge in [0.2, 0.25) is 0 Å². The van der Waals surface area contributed by atoms with Crippen molar-refractivity contribution < 1.29 is 9.15 Å². The lowest BCUT2D eigenvalue weighted by molar-refractivity contribution is 0.301. The van der Waals surface area contributed by atoms with Crippen molar-refractivity contribution in [2.75, 3.05) is 13.7 Å². The summed E-state index contributed by atoms with van der Waals surface area (Å²) in [5, 5.41) is 0. The molecule has 0 unspecified atom stereocenters. The van der Waals surface area contributed by atoms with E-state index in [1.807, 2.05) is 18.2 Å². The lowest BCUT2D eigenvalue weighted by atomic mass is 9.82. The van der Waals surface area contributed by atoms with E-state index in [0.29, 0.717) is 11.8 Å². The van der Waals surface area contributed by atoms with Crippen molar-refractivity contribution in [1.29, 1.82) is 0 Å². The summed E-state index contributed by atoms with van der Waals surface area (Å²) in [6.07, 6.45) is 4.60. The molecule has 3 rings (SSSR count). The van der Waals surface area contributed by atoms with Gasteiger partial charge in [-0.3, -0.25) is 0 Å². The molecule has 0 bridgehead atoms. The van der Waals surface area contributed by atoms with Gasteiger partial charge in [-0.2, -0.15) is 0 Å². The first kappa shape index (κ1) is 12.5. The van der Waals surface area contributed by atoms with Gasteiger partial charge in [0.1, 0.15) is 5.75 Å². The van der Waals surface area contributed by atoms with E-state index in [2.05, 4.69) is 4.98 Å². The van der Waals surface area contributed by atoms with Gasteiger partial charge >= 0.3 is 0 Å². The number of hydrogen-bond acceptors (Lipinski definition) is 4. The van der Waals surface area contributed by atoms with E-state index >= 15 is 0 Å². The van der Waals surface area contributed by atoms with Crippen molar-refractivity contribution in [3.05, 3.63) is 24.1 Å². The Kier molecular flexibility index (Phi) is 3.42. The number of fused-ring (bicyclic) bond motifs is 1. The SMILES string of the molecule is COc1cccc2oc(C3CCC(CN)CC3)nc12. The zero-order chi connectivity index (χ0) is 13.2. The van der Waals surface area contributed by atoms with E-state index in [9.17, 15) is 0 Å². The number of benzene rings is 1. The van der Waals surface area contributed by atoms with E-state index in [-0.39, 0.29) is 0 Å². The first-order valence-corrected chi connectivity index (χ1v) is 6.95. The largest absolute Gasteiger partial charge is 0.494 e. The molecule has 4 nitrogen and oxygen atoms in total. The van der Waals surface area contributed by atoms with Crippen LogP contribution in [-0.2, 0) is 0 Å². The van der Waals surface area contributed by atoms with Gasteiger partial charge in [-0.05, 0) is 50.3 Å². The number of hydrogen-bond donors (Lipinski definition) is 1. The van der Waals surface area contributed by atoms with E-state index < -0.39 is 0 Å². The fourth-order valence-electron chi connectivity index (χ4n) is 2.92. The van der Waals surface area contributed by atoms with Crippen LogP contribution < -0.4 is 10.5 Å².